The van der Waals surface area contributed by atoms with Crippen LogP contribution in [0.15, 0.2) is 48.5 Å². The van der Waals surface area contributed by atoms with Gasteiger partial charge < -0.3 is 20.1 Å². The van der Waals surface area contributed by atoms with Crippen LogP contribution in [0.3, 0.4) is 0 Å². The molecule has 29 heavy (non-hydrogen) atoms. The number of carbonyl (C=O) groups excluding carboxylic acids is 2. The molecule has 7 nitrogen and oxygen atoms in total. The van der Waals surface area contributed by atoms with E-state index < -0.39 is 23.8 Å². The average Bonchev–Trinajstić information content (AvgIpc) is 3.32. The van der Waals surface area contributed by atoms with E-state index in [4.69, 9.17) is 4.74 Å². The van der Waals surface area contributed by atoms with Crippen LogP contribution in [0, 0.1) is 5.92 Å². The fraction of sp³-hybridized carbons (Fsp3) is 0.318. The fourth-order valence-electron chi connectivity index (χ4n) is 3.84. The van der Waals surface area contributed by atoms with Crippen LogP contribution in [-0.4, -0.2) is 40.9 Å². The topological polar surface area (TPSA) is 95.9 Å². The Morgan fingerprint density at radius 1 is 1.21 bits per heavy atom. The lowest BCUT2D eigenvalue weighted by atomic mass is 10.0. The maximum atomic E-state index is 12.7. The van der Waals surface area contributed by atoms with Crippen molar-refractivity contribution in [1.29, 1.82) is 0 Å². The second-order valence-corrected chi connectivity index (χ2v) is 7.41. The zero-order valence-electron chi connectivity index (χ0n) is 15.8. The van der Waals surface area contributed by atoms with Gasteiger partial charge >= 0.3 is 5.97 Å². The monoisotopic (exact) mass is 394 g/mol. The zero-order valence-corrected chi connectivity index (χ0v) is 15.8. The standard InChI is InChI=1S/C22H22N2O5/c25-19-11-17(13-24(19)12-14-4-2-1-3-5-14)21(26)23-20(22(27)28)16-6-7-18-15(10-16)8-9-29-18/h1-7,10,17,20H,8-9,11-13H2,(H,23,26)(H,27,28). The lowest BCUT2D eigenvalue weighted by Gasteiger charge is -2.19. The molecule has 150 valence electrons. The van der Waals surface area contributed by atoms with Crippen molar-refractivity contribution in [2.24, 2.45) is 5.92 Å². The Morgan fingerprint density at radius 3 is 2.76 bits per heavy atom. The third kappa shape index (κ3) is 4.08. The van der Waals surface area contributed by atoms with Gasteiger partial charge in [0.25, 0.3) is 0 Å². The minimum absolute atomic E-state index is 0.0863. The second kappa shape index (κ2) is 7.95. The van der Waals surface area contributed by atoms with Gasteiger partial charge in [0.05, 0.1) is 12.5 Å². The van der Waals surface area contributed by atoms with E-state index in [0.717, 1.165) is 23.3 Å². The minimum Gasteiger partial charge on any atom is -0.493 e. The van der Waals surface area contributed by atoms with E-state index in [1.165, 1.54) is 0 Å². The Labute approximate surface area is 168 Å². The van der Waals surface area contributed by atoms with Crippen LogP contribution in [0.1, 0.15) is 29.2 Å². The number of hydrogen-bond acceptors (Lipinski definition) is 4. The number of carbonyl (C=O) groups is 3. The zero-order chi connectivity index (χ0) is 20.4. The summed E-state index contributed by atoms with van der Waals surface area (Å²) in [5.41, 5.74) is 2.43. The third-order valence-corrected chi connectivity index (χ3v) is 5.38. The Morgan fingerprint density at radius 2 is 2.00 bits per heavy atom. The molecule has 0 saturated carbocycles. The minimum atomic E-state index is -1.16. The molecule has 0 aliphatic carbocycles. The summed E-state index contributed by atoms with van der Waals surface area (Å²) < 4.78 is 5.45. The van der Waals surface area contributed by atoms with Crippen LogP contribution in [-0.2, 0) is 27.3 Å². The molecule has 2 aliphatic rings. The number of carboxylic acids is 1. The highest BCUT2D eigenvalue weighted by atomic mass is 16.5. The van der Waals surface area contributed by atoms with Crippen molar-refractivity contribution >= 4 is 17.8 Å². The first-order chi connectivity index (χ1) is 14.0. The van der Waals surface area contributed by atoms with E-state index in [1.807, 2.05) is 30.3 Å². The van der Waals surface area contributed by atoms with E-state index in [1.54, 1.807) is 23.1 Å². The van der Waals surface area contributed by atoms with Gasteiger partial charge in [-0.05, 0) is 28.8 Å². The van der Waals surface area contributed by atoms with E-state index in [0.29, 0.717) is 18.7 Å². The number of hydrogen-bond donors (Lipinski definition) is 2. The molecular formula is C22H22N2O5. The molecule has 2 atom stereocenters. The second-order valence-electron chi connectivity index (χ2n) is 7.41. The molecule has 0 radical (unpaired) electrons. The highest BCUT2D eigenvalue weighted by molar-refractivity contribution is 5.91. The number of nitrogens with zero attached hydrogens (tertiary/aromatic N) is 1. The summed E-state index contributed by atoms with van der Waals surface area (Å²) in [4.78, 5) is 38.5. The molecule has 0 aromatic heterocycles. The maximum absolute atomic E-state index is 12.7. The molecule has 4 rings (SSSR count). The molecular weight excluding hydrogens is 372 g/mol. The van der Waals surface area contributed by atoms with Gasteiger partial charge in [0.2, 0.25) is 11.8 Å². The lowest BCUT2D eigenvalue weighted by molar-refractivity contribution is -0.142. The number of ether oxygens (including phenoxy) is 1. The normalized spacial score (nSPS) is 18.8. The Hall–Kier alpha value is -3.35. The van der Waals surface area contributed by atoms with Crippen LogP contribution in [0.25, 0.3) is 0 Å². The predicted octanol–water partition coefficient (Wildman–Crippen LogP) is 1.91. The largest absolute Gasteiger partial charge is 0.493 e. The van der Waals surface area contributed by atoms with Crippen molar-refractivity contribution in [3.8, 4) is 5.75 Å². The van der Waals surface area contributed by atoms with Crippen molar-refractivity contribution in [1.82, 2.24) is 10.2 Å². The van der Waals surface area contributed by atoms with Gasteiger partial charge in [-0.3, -0.25) is 9.59 Å². The van der Waals surface area contributed by atoms with Crippen LogP contribution in [0.5, 0.6) is 5.75 Å². The maximum Gasteiger partial charge on any atom is 0.330 e. The summed E-state index contributed by atoms with van der Waals surface area (Å²) >= 11 is 0. The Bertz CT molecular complexity index is 943. The highest BCUT2D eigenvalue weighted by Crippen LogP contribution is 2.29. The van der Waals surface area contributed by atoms with Crippen LogP contribution in [0.2, 0.25) is 0 Å². The SMILES string of the molecule is O=C(NC(C(=O)O)c1ccc2c(c1)CCO2)C1CC(=O)N(Cc2ccccc2)C1. The molecule has 7 heteroatoms. The first-order valence-corrected chi connectivity index (χ1v) is 9.62. The van der Waals surface area contributed by atoms with Crippen molar-refractivity contribution in [3.05, 3.63) is 65.2 Å². The van der Waals surface area contributed by atoms with Gasteiger partial charge in [-0.25, -0.2) is 4.79 Å². The predicted molar refractivity (Wildman–Crippen MR) is 104 cm³/mol. The third-order valence-electron chi connectivity index (χ3n) is 5.38. The summed E-state index contributed by atoms with van der Waals surface area (Å²) in [6.45, 7) is 1.30. The van der Waals surface area contributed by atoms with Crippen LogP contribution in [0.4, 0.5) is 0 Å². The molecule has 2 heterocycles. The molecule has 2 aromatic rings. The van der Waals surface area contributed by atoms with Gasteiger partial charge in [-0.15, -0.1) is 0 Å². The molecule has 2 aromatic carbocycles. The first-order valence-electron chi connectivity index (χ1n) is 9.62. The number of carboxylic acid groups (broad SMARTS) is 1. The van der Waals surface area contributed by atoms with Gasteiger partial charge in [-0.1, -0.05) is 36.4 Å². The smallest absolute Gasteiger partial charge is 0.330 e. The highest BCUT2D eigenvalue weighted by Gasteiger charge is 2.36. The molecule has 2 unspecified atom stereocenters. The first kappa shape index (κ1) is 19.0. The summed E-state index contributed by atoms with van der Waals surface area (Å²) in [5, 5.41) is 12.3. The quantitative estimate of drug-likeness (QED) is 0.780. The molecule has 0 bridgehead atoms. The van der Waals surface area contributed by atoms with Crippen LogP contribution >= 0.6 is 0 Å². The summed E-state index contributed by atoms with van der Waals surface area (Å²) in [6, 6.07) is 13.6. The summed E-state index contributed by atoms with van der Waals surface area (Å²) in [5.74, 6) is -1.47. The molecule has 0 spiro atoms. The summed E-state index contributed by atoms with van der Waals surface area (Å²) in [7, 11) is 0. The number of likely N-dealkylation sites (tertiary alicyclic amines) is 1. The number of nitrogens with one attached hydrogen (secondary N) is 1. The molecule has 1 saturated heterocycles. The average molecular weight is 394 g/mol. The summed E-state index contributed by atoms with van der Waals surface area (Å²) in [6.07, 6.45) is 0.804. The number of rotatable bonds is 6. The van der Waals surface area contributed by atoms with Crippen molar-refractivity contribution < 1.29 is 24.2 Å². The van der Waals surface area contributed by atoms with Crippen molar-refractivity contribution in [2.45, 2.75) is 25.4 Å². The fourth-order valence-corrected chi connectivity index (χ4v) is 3.84. The molecule has 2 aliphatic heterocycles. The van der Waals surface area contributed by atoms with E-state index >= 15 is 0 Å². The van der Waals surface area contributed by atoms with Gasteiger partial charge in [0.1, 0.15) is 5.75 Å². The van der Waals surface area contributed by atoms with Gasteiger partial charge in [-0.2, -0.15) is 0 Å². The van der Waals surface area contributed by atoms with E-state index in [-0.39, 0.29) is 18.9 Å². The van der Waals surface area contributed by atoms with E-state index in [9.17, 15) is 19.5 Å². The number of fused-ring (bicyclic) bond motifs is 1. The van der Waals surface area contributed by atoms with Crippen LogP contribution < -0.4 is 10.1 Å². The molecule has 2 N–H and O–H groups in total. The number of aliphatic carboxylic acids is 1. The van der Waals surface area contributed by atoms with Crippen molar-refractivity contribution in [2.75, 3.05) is 13.2 Å². The van der Waals surface area contributed by atoms with Gasteiger partial charge in [0.15, 0.2) is 6.04 Å². The number of benzene rings is 2. The van der Waals surface area contributed by atoms with E-state index in [2.05, 4.69) is 5.32 Å². The Balaban J connectivity index is 1.43. The molecule has 2 amide bonds. The van der Waals surface area contributed by atoms with Crippen molar-refractivity contribution in [3.63, 3.8) is 0 Å². The lowest BCUT2D eigenvalue weighted by Crippen LogP contribution is -2.38. The number of amides is 2. The Kier molecular flexibility index (Phi) is 5.20. The van der Waals surface area contributed by atoms with Gasteiger partial charge in [0, 0.05) is 25.9 Å². The molecule has 1 fully saturated rings.